The quantitative estimate of drug-likeness (QED) is 0.655. The van der Waals surface area contributed by atoms with Gasteiger partial charge in [0.15, 0.2) is 0 Å². The van der Waals surface area contributed by atoms with E-state index in [0.717, 1.165) is 32.1 Å². The first-order valence-electron chi connectivity index (χ1n) is 7.98. The number of sulfonamides is 1. The van der Waals surface area contributed by atoms with E-state index in [1.165, 1.54) is 12.1 Å². The fourth-order valence-electron chi connectivity index (χ4n) is 2.39. The van der Waals surface area contributed by atoms with E-state index in [-0.39, 0.29) is 21.5 Å². The average Bonchev–Trinajstić information content (AvgIpc) is 2.51. The third-order valence-electron chi connectivity index (χ3n) is 3.83. The van der Waals surface area contributed by atoms with Gasteiger partial charge in [0.1, 0.15) is 4.90 Å². The van der Waals surface area contributed by atoms with E-state index in [1.807, 2.05) is 0 Å². The van der Waals surface area contributed by atoms with Gasteiger partial charge in [0, 0.05) is 6.04 Å². The van der Waals surface area contributed by atoms with Crippen molar-refractivity contribution in [3.63, 3.8) is 0 Å². The van der Waals surface area contributed by atoms with Gasteiger partial charge in [0.2, 0.25) is 10.0 Å². The summed E-state index contributed by atoms with van der Waals surface area (Å²) in [5.41, 5.74) is -0.117. The molecule has 0 aliphatic heterocycles. The lowest BCUT2D eigenvalue weighted by atomic mass is 10.2. The van der Waals surface area contributed by atoms with Gasteiger partial charge in [0.05, 0.1) is 10.6 Å². The van der Waals surface area contributed by atoms with E-state index in [4.69, 9.17) is 16.7 Å². The Labute approximate surface area is 148 Å². The van der Waals surface area contributed by atoms with Crippen LogP contribution in [-0.2, 0) is 10.0 Å². The standard InChI is InChI=1S/C16H25ClN2O4S/c1-4-19(5-2)10-6-7-12(3)18-24(22,23)15-11-13(16(20)21)8-9-14(15)17/h8-9,11-12,18H,4-7,10H2,1-3H3,(H,20,21). The summed E-state index contributed by atoms with van der Waals surface area (Å²) in [4.78, 5) is 13.1. The number of nitrogens with one attached hydrogen (secondary N) is 1. The Morgan fingerprint density at radius 1 is 1.33 bits per heavy atom. The molecule has 8 heteroatoms. The lowest BCUT2D eigenvalue weighted by Crippen LogP contribution is -2.34. The van der Waals surface area contributed by atoms with E-state index >= 15 is 0 Å². The number of hydrogen-bond donors (Lipinski definition) is 2. The van der Waals surface area contributed by atoms with Gasteiger partial charge in [-0.05, 0) is 57.6 Å². The predicted molar refractivity (Wildman–Crippen MR) is 95.2 cm³/mol. The molecule has 24 heavy (non-hydrogen) atoms. The minimum Gasteiger partial charge on any atom is -0.478 e. The van der Waals surface area contributed by atoms with Gasteiger partial charge in [-0.15, -0.1) is 0 Å². The number of carboxylic acid groups (broad SMARTS) is 1. The maximum Gasteiger partial charge on any atom is 0.335 e. The number of rotatable bonds is 10. The van der Waals surface area contributed by atoms with Crippen molar-refractivity contribution in [1.29, 1.82) is 0 Å². The van der Waals surface area contributed by atoms with Crippen LogP contribution in [0.15, 0.2) is 23.1 Å². The van der Waals surface area contributed by atoms with Gasteiger partial charge >= 0.3 is 5.97 Å². The van der Waals surface area contributed by atoms with Gasteiger partial charge in [-0.1, -0.05) is 25.4 Å². The highest BCUT2D eigenvalue weighted by Crippen LogP contribution is 2.23. The van der Waals surface area contributed by atoms with Crippen molar-refractivity contribution in [1.82, 2.24) is 9.62 Å². The van der Waals surface area contributed by atoms with Crippen molar-refractivity contribution < 1.29 is 18.3 Å². The second-order valence-electron chi connectivity index (χ2n) is 5.64. The lowest BCUT2D eigenvalue weighted by molar-refractivity contribution is 0.0696. The number of aromatic carboxylic acids is 1. The highest BCUT2D eigenvalue weighted by Gasteiger charge is 2.22. The number of halogens is 1. The van der Waals surface area contributed by atoms with Gasteiger partial charge in [0.25, 0.3) is 0 Å². The van der Waals surface area contributed by atoms with Crippen LogP contribution in [0.25, 0.3) is 0 Å². The molecule has 1 aromatic rings. The molecule has 0 bridgehead atoms. The molecule has 2 N–H and O–H groups in total. The minimum absolute atomic E-state index is 0.00263. The van der Waals surface area contributed by atoms with E-state index in [0.29, 0.717) is 6.42 Å². The summed E-state index contributed by atoms with van der Waals surface area (Å²) in [6, 6.07) is 3.37. The molecular weight excluding hydrogens is 352 g/mol. The molecule has 0 fully saturated rings. The first-order valence-corrected chi connectivity index (χ1v) is 9.84. The zero-order chi connectivity index (χ0) is 18.3. The predicted octanol–water partition coefficient (Wildman–Crippen LogP) is 2.83. The molecule has 0 spiro atoms. The van der Waals surface area contributed by atoms with Crippen LogP contribution in [0.1, 0.15) is 44.0 Å². The van der Waals surface area contributed by atoms with Crippen molar-refractivity contribution in [3.05, 3.63) is 28.8 Å². The van der Waals surface area contributed by atoms with Crippen LogP contribution in [0.3, 0.4) is 0 Å². The lowest BCUT2D eigenvalue weighted by Gasteiger charge is -2.20. The SMILES string of the molecule is CCN(CC)CCCC(C)NS(=O)(=O)c1cc(C(=O)O)ccc1Cl. The Hall–Kier alpha value is -1.15. The van der Waals surface area contributed by atoms with Crippen molar-refractivity contribution in [2.75, 3.05) is 19.6 Å². The summed E-state index contributed by atoms with van der Waals surface area (Å²) in [6.45, 7) is 8.81. The number of hydrogen-bond acceptors (Lipinski definition) is 4. The second kappa shape index (κ2) is 9.36. The monoisotopic (exact) mass is 376 g/mol. The first-order chi connectivity index (χ1) is 11.2. The Morgan fingerprint density at radius 3 is 2.50 bits per heavy atom. The summed E-state index contributed by atoms with van der Waals surface area (Å²) in [5, 5.41) is 9.00. The molecule has 1 aromatic carbocycles. The van der Waals surface area contributed by atoms with Crippen molar-refractivity contribution in [3.8, 4) is 0 Å². The van der Waals surface area contributed by atoms with Crippen LogP contribution >= 0.6 is 11.6 Å². The molecule has 6 nitrogen and oxygen atoms in total. The Balaban J connectivity index is 2.75. The topological polar surface area (TPSA) is 86.7 Å². The van der Waals surface area contributed by atoms with E-state index in [9.17, 15) is 13.2 Å². The van der Waals surface area contributed by atoms with E-state index in [1.54, 1.807) is 6.92 Å². The van der Waals surface area contributed by atoms with Crippen molar-refractivity contribution >= 4 is 27.6 Å². The molecule has 0 saturated heterocycles. The number of carbonyl (C=O) groups is 1. The van der Waals surface area contributed by atoms with E-state index < -0.39 is 16.0 Å². The largest absolute Gasteiger partial charge is 0.478 e. The Morgan fingerprint density at radius 2 is 1.96 bits per heavy atom. The Kier molecular flexibility index (Phi) is 8.15. The molecule has 0 aliphatic carbocycles. The molecule has 1 unspecified atom stereocenters. The smallest absolute Gasteiger partial charge is 0.335 e. The zero-order valence-electron chi connectivity index (χ0n) is 14.3. The van der Waals surface area contributed by atoms with Crippen LogP contribution in [0, 0.1) is 0 Å². The van der Waals surface area contributed by atoms with Gasteiger partial charge in [-0.25, -0.2) is 17.9 Å². The fourth-order valence-corrected chi connectivity index (χ4v) is 4.19. The van der Waals surface area contributed by atoms with Crippen LogP contribution in [0.2, 0.25) is 5.02 Å². The number of carboxylic acids is 1. The van der Waals surface area contributed by atoms with Crippen molar-refractivity contribution in [2.45, 2.75) is 44.6 Å². The fraction of sp³-hybridized carbons (Fsp3) is 0.562. The van der Waals surface area contributed by atoms with Gasteiger partial charge in [-0.2, -0.15) is 0 Å². The summed E-state index contributed by atoms with van der Waals surface area (Å²) >= 11 is 5.93. The Bertz CT molecular complexity index is 660. The molecule has 0 aromatic heterocycles. The maximum atomic E-state index is 12.4. The average molecular weight is 377 g/mol. The molecule has 136 valence electrons. The van der Waals surface area contributed by atoms with Crippen LogP contribution in [-0.4, -0.2) is 50.1 Å². The zero-order valence-corrected chi connectivity index (χ0v) is 15.8. The van der Waals surface area contributed by atoms with Gasteiger partial charge in [-0.3, -0.25) is 0 Å². The first kappa shape index (κ1) is 20.9. The molecular formula is C16H25ClN2O4S. The summed E-state index contributed by atoms with van der Waals surface area (Å²) in [5.74, 6) is -1.20. The van der Waals surface area contributed by atoms with E-state index in [2.05, 4.69) is 23.5 Å². The van der Waals surface area contributed by atoms with Crippen molar-refractivity contribution in [2.24, 2.45) is 0 Å². The third kappa shape index (κ3) is 6.05. The molecule has 1 rings (SSSR count). The molecule has 1 atom stereocenters. The highest BCUT2D eigenvalue weighted by atomic mass is 35.5. The highest BCUT2D eigenvalue weighted by molar-refractivity contribution is 7.89. The summed E-state index contributed by atoms with van der Waals surface area (Å²) < 4.78 is 27.5. The van der Waals surface area contributed by atoms with Gasteiger partial charge < -0.3 is 10.0 Å². The summed E-state index contributed by atoms with van der Waals surface area (Å²) in [7, 11) is -3.87. The number of nitrogens with zero attached hydrogens (tertiary/aromatic N) is 1. The van der Waals surface area contributed by atoms with Crippen LogP contribution in [0.5, 0.6) is 0 Å². The van der Waals surface area contributed by atoms with Crippen LogP contribution < -0.4 is 4.72 Å². The van der Waals surface area contributed by atoms with Crippen LogP contribution in [0.4, 0.5) is 0 Å². The molecule has 0 heterocycles. The molecule has 0 radical (unpaired) electrons. The normalized spacial score (nSPS) is 13.2. The minimum atomic E-state index is -3.87. The molecule has 0 aliphatic rings. The summed E-state index contributed by atoms with van der Waals surface area (Å²) in [6.07, 6.45) is 1.56. The third-order valence-corrected chi connectivity index (χ3v) is 5.90. The molecule has 0 amide bonds. The maximum absolute atomic E-state index is 12.4. The number of benzene rings is 1. The second-order valence-corrected chi connectivity index (χ2v) is 7.73. The molecule has 0 saturated carbocycles.